The smallest absolute Gasteiger partial charge is 0.225 e. The number of rotatable bonds is 3. The number of carbonyl (C=O) groups is 1. The molecule has 1 fully saturated rings. The summed E-state index contributed by atoms with van der Waals surface area (Å²) in [5, 5.41) is 3.35. The highest BCUT2D eigenvalue weighted by atomic mass is 19.1. The van der Waals surface area contributed by atoms with Crippen molar-refractivity contribution < 1.29 is 9.18 Å². The van der Waals surface area contributed by atoms with Gasteiger partial charge in [-0.15, -0.1) is 0 Å². The van der Waals surface area contributed by atoms with Crippen LogP contribution in [0.2, 0.25) is 0 Å². The molecule has 1 aromatic rings. The summed E-state index contributed by atoms with van der Waals surface area (Å²) in [7, 11) is 1.82. The lowest BCUT2D eigenvalue weighted by Crippen LogP contribution is -2.42. The molecule has 0 bridgehead atoms. The van der Waals surface area contributed by atoms with Gasteiger partial charge in [-0.05, 0) is 44.0 Å². The van der Waals surface area contributed by atoms with Crippen LogP contribution in [0, 0.1) is 11.7 Å². The highest BCUT2D eigenvalue weighted by Gasteiger charge is 2.26. The second kappa shape index (κ2) is 6.15. The van der Waals surface area contributed by atoms with E-state index in [1.54, 1.807) is 17.0 Å². The van der Waals surface area contributed by atoms with Crippen molar-refractivity contribution in [1.82, 2.24) is 10.2 Å². The molecular weight excluding hydrogens is 243 g/mol. The number of piperidine rings is 1. The number of hydrogen-bond donors (Lipinski definition) is 1. The van der Waals surface area contributed by atoms with E-state index in [1.165, 1.54) is 12.1 Å². The number of nitrogens with zero attached hydrogens (tertiary/aromatic N) is 1. The lowest BCUT2D eigenvalue weighted by molar-refractivity contribution is -0.135. The van der Waals surface area contributed by atoms with E-state index in [4.69, 9.17) is 0 Å². The highest BCUT2D eigenvalue weighted by molar-refractivity contribution is 5.78. The predicted molar refractivity (Wildman–Crippen MR) is 73.1 cm³/mol. The largest absolute Gasteiger partial charge is 0.341 e. The second-order valence-corrected chi connectivity index (χ2v) is 5.40. The lowest BCUT2D eigenvalue weighted by atomic mass is 9.92. The number of benzene rings is 1. The van der Waals surface area contributed by atoms with Gasteiger partial charge in [0.15, 0.2) is 0 Å². The first kappa shape index (κ1) is 14.0. The van der Waals surface area contributed by atoms with E-state index in [0.29, 0.717) is 12.6 Å². The quantitative estimate of drug-likeness (QED) is 0.907. The Kier molecular flexibility index (Phi) is 4.53. The molecule has 104 valence electrons. The lowest BCUT2D eigenvalue weighted by Gasteiger charge is -2.30. The van der Waals surface area contributed by atoms with Gasteiger partial charge in [0.2, 0.25) is 5.91 Å². The number of hydrogen-bond acceptors (Lipinski definition) is 2. The van der Waals surface area contributed by atoms with Gasteiger partial charge in [0.05, 0.1) is 0 Å². The Morgan fingerprint density at radius 3 is 2.74 bits per heavy atom. The molecule has 19 heavy (non-hydrogen) atoms. The predicted octanol–water partition coefficient (Wildman–Crippen LogP) is 2.17. The second-order valence-electron chi connectivity index (χ2n) is 5.40. The zero-order valence-electron chi connectivity index (χ0n) is 11.5. The van der Waals surface area contributed by atoms with E-state index in [0.717, 1.165) is 24.9 Å². The van der Waals surface area contributed by atoms with Crippen LogP contribution in [0.15, 0.2) is 24.3 Å². The minimum Gasteiger partial charge on any atom is -0.341 e. The van der Waals surface area contributed by atoms with Crippen LogP contribution in [-0.2, 0) is 11.3 Å². The van der Waals surface area contributed by atoms with Crippen molar-refractivity contribution in [2.24, 2.45) is 5.92 Å². The van der Waals surface area contributed by atoms with Crippen molar-refractivity contribution in [3.8, 4) is 0 Å². The van der Waals surface area contributed by atoms with Crippen LogP contribution in [0.25, 0.3) is 0 Å². The van der Waals surface area contributed by atoms with E-state index in [9.17, 15) is 9.18 Å². The molecule has 0 aliphatic carbocycles. The third kappa shape index (κ3) is 3.77. The van der Waals surface area contributed by atoms with Crippen LogP contribution in [0.5, 0.6) is 0 Å². The van der Waals surface area contributed by atoms with Gasteiger partial charge in [0.25, 0.3) is 0 Å². The van der Waals surface area contributed by atoms with Gasteiger partial charge < -0.3 is 10.2 Å². The first-order valence-corrected chi connectivity index (χ1v) is 6.79. The van der Waals surface area contributed by atoms with E-state index in [1.807, 2.05) is 7.05 Å². The molecule has 2 atom stereocenters. The molecule has 0 spiro atoms. The number of carbonyl (C=O) groups excluding carboxylic acids is 1. The summed E-state index contributed by atoms with van der Waals surface area (Å²) in [6, 6.07) is 6.72. The summed E-state index contributed by atoms with van der Waals surface area (Å²) >= 11 is 0. The fourth-order valence-corrected chi connectivity index (χ4v) is 2.61. The van der Waals surface area contributed by atoms with Gasteiger partial charge in [-0.25, -0.2) is 4.39 Å². The van der Waals surface area contributed by atoms with Gasteiger partial charge >= 0.3 is 0 Å². The Bertz CT molecular complexity index is 432. The molecule has 0 aromatic heterocycles. The average Bonchev–Trinajstić information content (AvgIpc) is 2.40. The Hall–Kier alpha value is -1.42. The summed E-state index contributed by atoms with van der Waals surface area (Å²) < 4.78 is 12.8. The number of halogens is 1. The van der Waals surface area contributed by atoms with Crippen LogP contribution in [0.3, 0.4) is 0 Å². The van der Waals surface area contributed by atoms with Crippen LogP contribution in [-0.4, -0.2) is 30.4 Å². The van der Waals surface area contributed by atoms with E-state index >= 15 is 0 Å². The van der Waals surface area contributed by atoms with Gasteiger partial charge in [-0.2, -0.15) is 0 Å². The maximum absolute atomic E-state index is 12.8. The van der Waals surface area contributed by atoms with E-state index < -0.39 is 0 Å². The number of amides is 1. The zero-order chi connectivity index (χ0) is 13.8. The maximum atomic E-state index is 12.8. The molecule has 2 rings (SSSR count). The molecule has 1 amide bonds. The van der Waals surface area contributed by atoms with Crippen molar-refractivity contribution >= 4 is 5.91 Å². The Morgan fingerprint density at radius 1 is 1.42 bits per heavy atom. The van der Waals surface area contributed by atoms with Crippen LogP contribution in [0.4, 0.5) is 4.39 Å². The monoisotopic (exact) mass is 264 g/mol. The fraction of sp³-hybridized carbons (Fsp3) is 0.533. The third-order valence-electron chi connectivity index (χ3n) is 3.68. The normalized spacial score (nSPS) is 23.1. The summed E-state index contributed by atoms with van der Waals surface area (Å²) in [4.78, 5) is 14.1. The maximum Gasteiger partial charge on any atom is 0.225 e. The number of nitrogens with one attached hydrogen (secondary N) is 1. The minimum absolute atomic E-state index is 0.113. The molecular formula is C15H21FN2O. The molecule has 0 radical (unpaired) electrons. The van der Waals surface area contributed by atoms with Crippen LogP contribution < -0.4 is 5.32 Å². The van der Waals surface area contributed by atoms with Gasteiger partial charge in [-0.1, -0.05) is 12.1 Å². The molecule has 4 heteroatoms. The highest BCUT2D eigenvalue weighted by Crippen LogP contribution is 2.19. The van der Waals surface area contributed by atoms with E-state index in [2.05, 4.69) is 12.2 Å². The summed E-state index contributed by atoms with van der Waals surface area (Å²) in [6.45, 7) is 3.55. The third-order valence-corrected chi connectivity index (χ3v) is 3.68. The molecule has 0 unspecified atom stereocenters. The first-order valence-electron chi connectivity index (χ1n) is 6.79. The molecule has 1 aliphatic heterocycles. The Labute approximate surface area is 113 Å². The van der Waals surface area contributed by atoms with Crippen molar-refractivity contribution in [2.75, 3.05) is 13.6 Å². The van der Waals surface area contributed by atoms with Gasteiger partial charge in [-0.3, -0.25) is 4.79 Å². The molecule has 0 saturated carbocycles. The van der Waals surface area contributed by atoms with Crippen molar-refractivity contribution in [2.45, 2.75) is 32.4 Å². The standard InChI is InChI=1S/C15H21FN2O/c1-11-9-13(7-8-17-11)15(19)18(2)10-12-3-5-14(16)6-4-12/h3-6,11,13,17H,7-10H2,1-2H3/t11-,13-/m0/s1. The molecule has 1 heterocycles. The van der Waals surface area contributed by atoms with Crippen LogP contribution >= 0.6 is 0 Å². The molecule has 1 aliphatic rings. The Balaban J connectivity index is 1.93. The molecule has 1 saturated heterocycles. The topological polar surface area (TPSA) is 32.3 Å². The van der Waals surface area contributed by atoms with Crippen molar-refractivity contribution in [3.05, 3.63) is 35.6 Å². The van der Waals surface area contributed by atoms with Crippen molar-refractivity contribution in [1.29, 1.82) is 0 Å². The molecule has 1 N–H and O–H groups in total. The summed E-state index contributed by atoms with van der Waals surface area (Å²) in [5.74, 6) is 0.0595. The summed E-state index contributed by atoms with van der Waals surface area (Å²) in [6.07, 6.45) is 1.80. The van der Waals surface area contributed by atoms with E-state index in [-0.39, 0.29) is 17.6 Å². The fourth-order valence-electron chi connectivity index (χ4n) is 2.61. The van der Waals surface area contributed by atoms with Gasteiger partial charge in [0.1, 0.15) is 5.82 Å². The first-order chi connectivity index (χ1) is 9.06. The molecule has 1 aromatic carbocycles. The van der Waals surface area contributed by atoms with Crippen molar-refractivity contribution in [3.63, 3.8) is 0 Å². The van der Waals surface area contributed by atoms with Gasteiger partial charge in [0, 0.05) is 25.6 Å². The zero-order valence-corrected chi connectivity index (χ0v) is 11.5. The SMILES string of the molecule is C[C@H]1C[C@@H](C(=O)N(C)Cc2ccc(F)cc2)CCN1. The average molecular weight is 264 g/mol. The minimum atomic E-state index is -0.245. The summed E-state index contributed by atoms with van der Waals surface area (Å²) in [5.41, 5.74) is 0.958. The van der Waals surface area contributed by atoms with Crippen LogP contribution in [0.1, 0.15) is 25.3 Å². The Morgan fingerprint density at radius 2 is 2.11 bits per heavy atom. The molecule has 3 nitrogen and oxygen atoms in total.